The minimum atomic E-state index is -4.70. The third-order valence-corrected chi connectivity index (χ3v) is 5.24. The number of ether oxygens (including phenoxy) is 1. The molecule has 1 rings (SSSR count). The highest BCUT2D eigenvalue weighted by Gasteiger charge is 2.31. The van der Waals surface area contributed by atoms with E-state index in [4.69, 9.17) is 4.99 Å². The van der Waals surface area contributed by atoms with Gasteiger partial charge in [0, 0.05) is 19.8 Å². The summed E-state index contributed by atoms with van der Waals surface area (Å²) in [5.74, 6) is 1.08. The molecule has 0 spiro atoms. The predicted molar refractivity (Wildman–Crippen MR) is 124 cm³/mol. The number of allylic oxidation sites excluding steroid dienone is 3. The first-order valence-corrected chi connectivity index (χ1v) is 11.0. The fourth-order valence-electron chi connectivity index (χ4n) is 3.58. The van der Waals surface area contributed by atoms with Crippen molar-refractivity contribution in [2.24, 2.45) is 10.9 Å². The van der Waals surface area contributed by atoms with Gasteiger partial charge in [-0.3, -0.25) is 0 Å². The molecular formula is C25H37F3N2O. The van der Waals surface area contributed by atoms with Crippen LogP contribution in [0.1, 0.15) is 72.3 Å². The Hall–Kier alpha value is -2.24. The Morgan fingerprint density at radius 1 is 1.10 bits per heavy atom. The van der Waals surface area contributed by atoms with Crippen LogP contribution in [-0.2, 0) is 0 Å². The Bertz CT molecular complexity index is 775. The van der Waals surface area contributed by atoms with Crippen LogP contribution in [0.5, 0.6) is 5.75 Å². The first-order chi connectivity index (χ1) is 14.5. The zero-order chi connectivity index (χ0) is 23.6. The molecule has 0 aliphatic rings. The number of nitrogens with zero attached hydrogens (tertiary/aromatic N) is 2. The quantitative estimate of drug-likeness (QED) is 0.260. The number of unbranched alkanes of at least 4 members (excludes halogenated alkanes) is 1. The summed E-state index contributed by atoms with van der Waals surface area (Å²) >= 11 is 0. The van der Waals surface area contributed by atoms with Crippen molar-refractivity contribution in [1.82, 2.24) is 4.90 Å². The van der Waals surface area contributed by atoms with Gasteiger partial charge in [-0.05, 0) is 67.9 Å². The van der Waals surface area contributed by atoms with Crippen LogP contribution in [0, 0.1) is 5.92 Å². The van der Waals surface area contributed by atoms with Crippen molar-refractivity contribution in [3.05, 3.63) is 47.3 Å². The Balaban J connectivity index is 3.36. The molecule has 0 aliphatic carbocycles. The number of rotatable bonds is 11. The van der Waals surface area contributed by atoms with Crippen LogP contribution in [0.15, 0.2) is 46.7 Å². The molecule has 3 nitrogen and oxygen atoms in total. The first kappa shape index (κ1) is 26.8. The summed E-state index contributed by atoms with van der Waals surface area (Å²) in [6.45, 7) is 10.5. The second kappa shape index (κ2) is 12.6. The van der Waals surface area contributed by atoms with Crippen molar-refractivity contribution in [3.63, 3.8) is 0 Å². The van der Waals surface area contributed by atoms with Gasteiger partial charge in [0.25, 0.3) is 0 Å². The average molecular weight is 439 g/mol. The fourth-order valence-corrected chi connectivity index (χ4v) is 3.58. The van der Waals surface area contributed by atoms with E-state index in [0.717, 1.165) is 53.9 Å². The lowest BCUT2D eigenvalue weighted by molar-refractivity contribution is -0.274. The Kier molecular flexibility index (Phi) is 10.9. The Labute approximate surface area is 185 Å². The van der Waals surface area contributed by atoms with Crippen LogP contribution in [0.3, 0.4) is 0 Å². The third kappa shape index (κ3) is 8.80. The van der Waals surface area contributed by atoms with E-state index in [1.54, 1.807) is 12.1 Å². The van der Waals surface area contributed by atoms with Crippen LogP contribution >= 0.6 is 0 Å². The minimum absolute atomic E-state index is 0.225. The van der Waals surface area contributed by atoms with Crippen LogP contribution in [0.4, 0.5) is 13.2 Å². The summed E-state index contributed by atoms with van der Waals surface area (Å²) < 4.78 is 41.4. The number of aliphatic imine (C=N–C) groups is 1. The van der Waals surface area contributed by atoms with Gasteiger partial charge in [-0.1, -0.05) is 51.8 Å². The van der Waals surface area contributed by atoms with Gasteiger partial charge in [0.05, 0.1) is 0 Å². The van der Waals surface area contributed by atoms with Crippen molar-refractivity contribution < 1.29 is 17.9 Å². The van der Waals surface area contributed by atoms with Gasteiger partial charge in [0.1, 0.15) is 11.6 Å². The van der Waals surface area contributed by atoms with E-state index >= 15 is 0 Å². The van der Waals surface area contributed by atoms with Gasteiger partial charge < -0.3 is 9.64 Å². The molecule has 1 aromatic carbocycles. The van der Waals surface area contributed by atoms with Gasteiger partial charge in [0.15, 0.2) is 0 Å². The Morgan fingerprint density at radius 3 is 2.16 bits per heavy atom. The molecule has 0 bridgehead atoms. The summed E-state index contributed by atoms with van der Waals surface area (Å²) in [5.41, 5.74) is 3.90. The topological polar surface area (TPSA) is 24.8 Å². The number of halogens is 3. The number of alkyl halides is 3. The van der Waals surface area contributed by atoms with E-state index < -0.39 is 6.36 Å². The number of benzene rings is 1. The van der Waals surface area contributed by atoms with Gasteiger partial charge in [-0.25, -0.2) is 4.99 Å². The number of hydrogen-bond donors (Lipinski definition) is 0. The maximum absolute atomic E-state index is 12.5. The van der Waals surface area contributed by atoms with E-state index in [9.17, 15) is 13.2 Å². The van der Waals surface area contributed by atoms with Crippen molar-refractivity contribution in [1.29, 1.82) is 0 Å². The zero-order valence-corrected chi connectivity index (χ0v) is 19.9. The predicted octanol–water partition coefficient (Wildman–Crippen LogP) is 7.85. The molecular weight excluding hydrogens is 401 g/mol. The standard InChI is InChI=1S/C25H37F3N2O/c1-8-11-13-20(10-3)19(5)29-24(30(6)7)18(4)23(12-9-2)21-14-16-22(17-15-21)31-25(26,27)28/h12,14-17,20H,8-11,13H2,1-7H3/b23-12-,24-18+,29-19+. The second-order valence-electron chi connectivity index (χ2n) is 7.94. The first-order valence-electron chi connectivity index (χ1n) is 11.0. The largest absolute Gasteiger partial charge is 0.573 e. The van der Waals surface area contributed by atoms with Crippen molar-refractivity contribution >= 4 is 11.3 Å². The molecule has 174 valence electrons. The molecule has 0 amide bonds. The Morgan fingerprint density at radius 2 is 1.71 bits per heavy atom. The molecule has 0 aliphatic heterocycles. The molecule has 0 aromatic heterocycles. The summed E-state index contributed by atoms with van der Waals surface area (Å²) in [7, 11) is 3.93. The van der Waals surface area contributed by atoms with E-state index in [1.165, 1.54) is 18.6 Å². The molecule has 0 saturated heterocycles. The number of hydrogen-bond acceptors (Lipinski definition) is 3. The third-order valence-electron chi connectivity index (χ3n) is 5.24. The average Bonchev–Trinajstić information content (AvgIpc) is 2.69. The monoisotopic (exact) mass is 438 g/mol. The summed E-state index contributed by atoms with van der Waals surface area (Å²) in [5, 5.41) is 0. The summed E-state index contributed by atoms with van der Waals surface area (Å²) in [6, 6.07) is 6.01. The lowest BCUT2D eigenvalue weighted by Crippen LogP contribution is -2.17. The van der Waals surface area contributed by atoms with E-state index in [-0.39, 0.29) is 5.75 Å². The van der Waals surface area contributed by atoms with Crippen molar-refractivity contribution in [2.75, 3.05) is 14.1 Å². The van der Waals surface area contributed by atoms with Crippen LogP contribution in [0.25, 0.3) is 5.57 Å². The molecule has 0 N–H and O–H groups in total. The van der Waals surface area contributed by atoms with Gasteiger partial charge >= 0.3 is 6.36 Å². The zero-order valence-electron chi connectivity index (χ0n) is 19.9. The molecule has 0 radical (unpaired) electrons. The summed E-state index contributed by atoms with van der Waals surface area (Å²) in [6.07, 6.45) is 2.70. The second-order valence-corrected chi connectivity index (χ2v) is 7.94. The van der Waals surface area contributed by atoms with Crippen molar-refractivity contribution in [2.45, 2.75) is 73.1 Å². The molecule has 1 aromatic rings. The van der Waals surface area contributed by atoms with Crippen LogP contribution in [-0.4, -0.2) is 31.1 Å². The van der Waals surface area contributed by atoms with Gasteiger partial charge in [-0.15, -0.1) is 13.2 Å². The highest BCUT2D eigenvalue weighted by molar-refractivity contribution is 5.86. The highest BCUT2D eigenvalue weighted by Crippen LogP contribution is 2.31. The summed E-state index contributed by atoms with van der Waals surface area (Å²) in [4.78, 5) is 7.00. The normalized spacial score (nSPS) is 14.9. The van der Waals surface area contributed by atoms with E-state index in [2.05, 4.69) is 31.6 Å². The molecule has 0 saturated carbocycles. The van der Waals surface area contributed by atoms with Gasteiger partial charge in [-0.2, -0.15) is 0 Å². The molecule has 6 heteroatoms. The van der Waals surface area contributed by atoms with Gasteiger partial charge in [0.2, 0.25) is 0 Å². The fraction of sp³-hybridized carbons (Fsp3) is 0.560. The molecule has 0 fully saturated rings. The maximum atomic E-state index is 12.5. The van der Waals surface area contributed by atoms with E-state index in [1.807, 2.05) is 32.8 Å². The minimum Gasteiger partial charge on any atom is -0.406 e. The highest BCUT2D eigenvalue weighted by atomic mass is 19.4. The molecule has 31 heavy (non-hydrogen) atoms. The lowest BCUT2D eigenvalue weighted by atomic mass is 9.94. The smallest absolute Gasteiger partial charge is 0.406 e. The molecule has 0 heterocycles. The lowest BCUT2D eigenvalue weighted by Gasteiger charge is -2.22. The molecule has 1 atom stereocenters. The molecule has 1 unspecified atom stereocenters. The van der Waals surface area contributed by atoms with Crippen LogP contribution in [0.2, 0.25) is 0 Å². The van der Waals surface area contributed by atoms with Crippen LogP contribution < -0.4 is 4.74 Å². The van der Waals surface area contributed by atoms with Crippen molar-refractivity contribution in [3.8, 4) is 5.75 Å². The SMILES string of the molecule is CC/C=C(/C(C)=C(\N=C(/C)C(CC)CCCC)N(C)C)c1ccc(OC(F)(F)F)cc1. The maximum Gasteiger partial charge on any atom is 0.573 e. The van der Waals surface area contributed by atoms with E-state index in [0.29, 0.717) is 5.92 Å².